The lowest BCUT2D eigenvalue weighted by molar-refractivity contribution is -0.129. The Labute approximate surface area is 87.7 Å². The molecule has 0 bridgehead atoms. The number of rotatable bonds is 2. The lowest BCUT2D eigenvalue weighted by Gasteiger charge is -2.24. The molecule has 0 radical (unpaired) electrons. The van der Waals surface area contributed by atoms with Gasteiger partial charge in [0.15, 0.2) is 0 Å². The molecule has 0 saturated carbocycles. The predicted octanol–water partition coefficient (Wildman–Crippen LogP) is 2.68. The molecule has 0 N–H and O–H groups in total. The second kappa shape index (κ2) is 3.92. The Balaban J connectivity index is 2.51. The quantitative estimate of drug-likeness (QED) is 0.666. The van der Waals surface area contributed by atoms with Crippen LogP contribution in [-0.4, -0.2) is 23.4 Å². The normalized spacial score (nSPS) is 23.7. The number of hydrogen-bond acceptors (Lipinski definition) is 1. The van der Waals surface area contributed by atoms with Crippen molar-refractivity contribution in [2.45, 2.75) is 53.5 Å². The van der Waals surface area contributed by atoms with E-state index in [1.165, 1.54) is 0 Å². The molecule has 1 saturated heterocycles. The largest absolute Gasteiger partial charge is 0.340 e. The molecule has 1 rings (SSSR count). The second-order valence-corrected chi connectivity index (χ2v) is 5.97. The van der Waals surface area contributed by atoms with E-state index in [0.717, 1.165) is 19.4 Å². The standard InChI is InChI=1S/C12H23NO/c1-9(2)13-8-10(6-11(13)14)7-12(3,4)5/h9-10H,6-8H2,1-5H3/t10-/m1/s1. The van der Waals surface area contributed by atoms with Crippen LogP contribution in [-0.2, 0) is 4.79 Å². The van der Waals surface area contributed by atoms with Gasteiger partial charge in [-0.1, -0.05) is 20.8 Å². The van der Waals surface area contributed by atoms with Gasteiger partial charge in [-0.3, -0.25) is 4.79 Å². The lowest BCUT2D eigenvalue weighted by atomic mass is 9.84. The first-order valence-electron chi connectivity index (χ1n) is 5.59. The van der Waals surface area contributed by atoms with E-state index in [1.54, 1.807) is 0 Å². The molecular weight excluding hydrogens is 174 g/mol. The smallest absolute Gasteiger partial charge is 0.223 e. The highest BCUT2D eigenvalue weighted by Gasteiger charge is 2.33. The third-order valence-corrected chi connectivity index (χ3v) is 2.76. The molecule has 1 aliphatic heterocycles. The van der Waals surface area contributed by atoms with Gasteiger partial charge in [0.25, 0.3) is 0 Å². The van der Waals surface area contributed by atoms with Crippen molar-refractivity contribution in [1.29, 1.82) is 0 Å². The van der Waals surface area contributed by atoms with Crippen LogP contribution >= 0.6 is 0 Å². The van der Waals surface area contributed by atoms with E-state index in [-0.39, 0.29) is 0 Å². The summed E-state index contributed by atoms with van der Waals surface area (Å²) >= 11 is 0. The molecule has 1 amide bonds. The van der Waals surface area contributed by atoms with Crippen LogP contribution in [0, 0.1) is 11.3 Å². The molecule has 0 aliphatic carbocycles. The molecule has 0 aromatic heterocycles. The molecule has 0 aromatic carbocycles. The number of likely N-dealkylation sites (tertiary alicyclic amines) is 1. The molecule has 82 valence electrons. The highest BCUT2D eigenvalue weighted by atomic mass is 16.2. The van der Waals surface area contributed by atoms with Gasteiger partial charge in [-0.15, -0.1) is 0 Å². The van der Waals surface area contributed by atoms with Gasteiger partial charge in [-0.2, -0.15) is 0 Å². The first-order chi connectivity index (χ1) is 6.29. The summed E-state index contributed by atoms with van der Waals surface area (Å²) in [7, 11) is 0. The Kier molecular flexibility index (Phi) is 3.23. The Morgan fingerprint density at radius 1 is 1.43 bits per heavy atom. The molecule has 1 aliphatic rings. The predicted molar refractivity (Wildman–Crippen MR) is 59.0 cm³/mol. The molecule has 14 heavy (non-hydrogen) atoms. The van der Waals surface area contributed by atoms with E-state index in [9.17, 15) is 4.79 Å². The SMILES string of the molecule is CC(C)N1C[C@@H](CC(C)(C)C)CC1=O. The molecule has 0 spiro atoms. The van der Waals surface area contributed by atoms with Crippen LogP contribution in [0.25, 0.3) is 0 Å². The van der Waals surface area contributed by atoms with Crippen molar-refractivity contribution < 1.29 is 4.79 Å². The first-order valence-corrected chi connectivity index (χ1v) is 5.59. The highest BCUT2D eigenvalue weighted by molar-refractivity contribution is 5.78. The van der Waals surface area contributed by atoms with Gasteiger partial charge in [0.05, 0.1) is 0 Å². The van der Waals surface area contributed by atoms with Crippen LogP contribution < -0.4 is 0 Å². The molecule has 2 nitrogen and oxygen atoms in total. The number of carbonyl (C=O) groups is 1. The molecule has 1 atom stereocenters. The third-order valence-electron chi connectivity index (χ3n) is 2.76. The molecule has 0 unspecified atom stereocenters. The van der Waals surface area contributed by atoms with E-state index < -0.39 is 0 Å². The Hall–Kier alpha value is -0.530. The van der Waals surface area contributed by atoms with Gasteiger partial charge in [0, 0.05) is 19.0 Å². The highest BCUT2D eigenvalue weighted by Crippen LogP contribution is 2.31. The van der Waals surface area contributed by atoms with Crippen LogP contribution in [0.2, 0.25) is 0 Å². The van der Waals surface area contributed by atoms with E-state index >= 15 is 0 Å². The van der Waals surface area contributed by atoms with Crippen molar-refractivity contribution in [2.75, 3.05) is 6.54 Å². The topological polar surface area (TPSA) is 20.3 Å². The summed E-state index contributed by atoms with van der Waals surface area (Å²) < 4.78 is 0. The molecule has 1 heterocycles. The van der Waals surface area contributed by atoms with E-state index in [2.05, 4.69) is 34.6 Å². The second-order valence-electron chi connectivity index (χ2n) is 5.97. The first kappa shape index (κ1) is 11.5. The van der Waals surface area contributed by atoms with Crippen molar-refractivity contribution in [3.8, 4) is 0 Å². The van der Waals surface area contributed by atoms with Crippen LogP contribution in [0.1, 0.15) is 47.5 Å². The number of nitrogens with zero attached hydrogens (tertiary/aromatic N) is 1. The summed E-state index contributed by atoms with van der Waals surface area (Å²) in [5, 5.41) is 0. The average molecular weight is 197 g/mol. The zero-order valence-electron chi connectivity index (χ0n) is 10.1. The Bertz CT molecular complexity index is 215. The molecular formula is C12H23NO. The molecule has 0 aromatic rings. The van der Waals surface area contributed by atoms with Gasteiger partial charge in [0.1, 0.15) is 0 Å². The fourth-order valence-electron chi connectivity index (χ4n) is 2.31. The summed E-state index contributed by atoms with van der Waals surface area (Å²) in [4.78, 5) is 13.6. The van der Waals surface area contributed by atoms with Crippen molar-refractivity contribution in [1.82, 2.24) is 4.90 Å². The van der Waals surface area contributed by atoms with Crippen LogP contribution in [0.15, 0.2) is 0 Å². The summed E-state index contributed by atoms with van der Waals surface area (Å²) in [5.41, 5.74) is 0.345. The van der Waals surface area contributed by atoms with Crippen molar-refractivity contribution in [3.05, 3.63) is 0 Å². The Morgan fingerprint density at radius 3 is 2.36 bits per heavy atom. The fourth-order valence-corrected chi connectivity index (χ4v) is 2.31. The van der Waals surface area contributed by atoms with Crippen LogP contribution in [0.5, 0.6) is 0 Å². The minimum absolute atomic E-state index is 0.342. The summed E-state index contributed by atoms with van der Waals surface area (Å²) in [6.45, 7) is 11.9. The zero-order chi connectivity index (χ0) is 10.9. The van der Waals surface area contributed by atoms with Crippen LogP contribution in [0.4, 0.5) is 0 Å². The summed E-state index contributed by atoms with van der Waals surface area (Å²) in [6.07, 6.45) is 1.91. The van der Waals surface area contributed by atoms with E-state index in [0.29, 0.717) is 23.3 Å². The maximum absolute atomic E-state index is 11.6. The Morgan fingerprint density at radius 2 is 2.00 bits per heavy atom. The van der Waals surface area contributed by atoms with E-state index in [1.807, 2.05) is 4.90 Å². The monoisotopic (exact) mass is 197 g/mol. The van der Waals surface area contributed by atoms with Gasteiger partial charge >= 0.3 is 0 Å². The van der Waals surface area contributed by atoms with E-state index in [4.69, 9.17) is 0 Å². The minimum atomic E-state index is 0.342. The molecule has 1 fully saturated rings. The van der Waals surface area contributed by atoms with Gasteiger partial charge in [-0.25, -0.2) is 0 Å². The maximum atomic E-state index is 11.6. The number of hydrogen-bond donors (Lipinski definition) is 0. The van der Waals surface area contributed by atoms with Crippen molar-refractivity contribution in [2.24, 2.45) is 11.3 Å². The fraction of sp³-hybridized carbons (Fsp3) is 0.917. The van der Waals surface area contributed by atoms with Crippen molar-refractivity contribution >= 4 is 5.91 Å². The lowest BCUT2D eigenvalue weighted by Crippen LogP contribution is -2.32. The van der Waals surface area contributed by atoms with Crippen LogP contribution in [0.3, 0.4) is 0 Å². The van der Waals surface area contributed by atoms with Gasteiger partial charge in [-0.05, 0) is 31.6 Å². The van der Waals surface area contributed by atoms with Gasteiger partial charge in [0.2, 0.25) is 5.91 Å². The number of carbonyl (C=O) groups excluding carboxylic acids is 1. The van der Waals surface area contributed by atoms with Crippen molar-refractivity contribution in [3.63, 3.8) is 0 Å². The number of amides is 1. The average Bonchev–Trinajstić information content (AvgIpc) is 2.26. The molecule has 2 heteroatoms. The maximum Gasteiger partial charge on any atom is 0.223 e. The minimum Gasteiger partial charge on any atom is -0.340 e. The zero-order valence-corrected chi connectivity index (χ0v) is 10.1. The summed E-state index contributed by atoms with van der Waals surface area (Å²) in [6, 6.07) is 0.368. The third kappa shape index (κ3) is 3.00. The summed E-state index contributed by atoms with van der Waals surface area (Å²) in [5.74, 6) is 0.916. The van der Waals surface area contributed by atoms with Gasteiger partial charge < -0.3 is 4.90 Å².